The Labute approximate surface area is 104 Å². The van der Waals surface area contributed by atoms with Crippen LogP contribution < -0.4 is 9.64 Å². The number of anilines is 1. The Morgan fingerprint density at radius 3 is 2.61 bits per heavy atom. The molecule has 1 atom stereocenters. The van der Waals surface area contributed by atoms with Crippen molar-refractivity contribution < 1.29 is 19.6 Å². The summed E-state index contributed by atoms with van der Waals surface area (Å²) in [5.74, 6) is -0.630. The summed E-state index contributed by atoms with van der Waals surface area (Å²) in [6, 6.07) is 3.31. The third-order valence-corrected chi connectivity index (χ3v) is 2.70. The highest BCUT2D eigenvalue weighted by molar-refractivity contribution is 5.79. The maximum atomic E-state index is 10.9. The number of hydrogen-bond donors (Lipinski definition) is 1. The molecule has 0 heterocycles. The van der Waals surface area contributed by atoms with Gasteiger partial charge in [-0.1, -0.05) is 0 Å². The maximum Gasteiger partial charge on any atom is 0.326 e. The second-order valence-corrected chi connectivity index (χ2v) is 3.74. The number of nitrogens with zero attached hydrogens (tertiary/aromatic N) is 2. The maximum absolute atomic E-state index is 10.9. The van der Waals surface area contributed by atoms with E-state index >= 15 is 0 Å². The van der Waals surface area contributed by atoms with Gasteiger partial charge in [0, 0.05) is 19.2 Å². The molecule has 1 aromatic carbocycles. The second-order valence-electron chi connectivity index (χ2n) is 3.74. The summed E-state index contributed by atoms with van der Waals surface area (Å²) in [5.41, 5.74) is 0.0423. The highest BCUT2D eigenvalue weighted by Gasteiger charge is 2.24. The Kier molecular flexibility index (Phi) is 4.09. The molecule has 1 rings (SSSR count). The van der Waals surface area contributed by atoms with Crippen LogP contribution >= 0.6 is 0 Å². The molecule has 1 aromatic rings. The van der Waals surface area contributed by atoms with Gasteiger partial charge in [-0.2, -0.15) is 0 Å². The van der Waals surface area contributed by atoms with Crippen LogP contribution in [0, 0.1) is 10.1 Å². The average molecular weight is 254 g/mol. The van der Waals surface area contributed by atoms with Gasteiger partial charge in [-0.3, -0.25) is 10.1 Å². The molecule has 1 unspecified atom stereocenters. The smallest absolute Gasteiger partial charge is 0.326 e. The highest BCUT2D eigenvalue weighted by atomic mass is 16.6. The second kappa shape index (κ2) is 5.35. The summed E-state index contributed by atoms with van der Waals surface area (Å²) < 4.78 is 4.98. The zero-order chi connectivity index (χ0) is 13.9. The fraction of sp³-hybridized carbons (Fsp3) is 0.364. The van der Waals surface area contributed by atoms with Crippen LogP contribution in [0.4, 0.5) is 11.4 Å². The summed E-state index contributed by atoms with van der Waals surface area (Å²) in [5, 5.41) is 19.8. The van der Waals surface area contributed by atoms with E-state index < -0.39 is 16.9 Å². The summed E-state index contributed by atoms with van der Waals surface area (Å²) in [4.78, 5) is 22.6. The number of nitro groups is 1. The van der Waals surface area contributed by atoms with Crippen LogP contribution in [0.3, 0.4) is 0 Å². The molecule has 18 heavy (non-hydrogen) atoms. The number of carbonyl (C=O) groups is 1. The van der Waals surface area contributed by atoms with Crippen molar-refractivity contribution in [3.63, 3.8) is 0 Å². The van der Waals surface area contributed by atoms with Crippen molar-refractivity contribution in [1.82, 2.24) is 0 Å². The molecule has 0 fully saturated rings. The largest absolute Gasteiger partial charge is 0.497 e. The molecule has 0 amide bonds. The first kappa shape index (κ1) is 13.8. The predicted octanol–water partition coefficient (Wildman–Crippen LogP) is 1.51. The normalized spacial score (nSPS) is 11.7. The Morgan fingerprint density at radius 1 is 1.56 bits per heavy atom. The van der Waals surface area contributed by atoms with Gasteiger partial charge >= 0.3 is 5.97 Å². The van der Waals surface area contributed by atoms with Gasteiger partial charge in [0.2, 0.25) is 0 Å². The Morgan fingerprint density at radius 2 is 2.17 bits per heavy atom. The summed E-state index contributed by atoms with van der Waals surface area (Å²) >= 11 is 0. The van der Waals surface area contributed by atoms with E-state index in [0.29, 0.717) is 5.75 Å². The number of carboxylic acids is 1. The molecule has 0 saturated heterocycles. The van der Waals surface area contributed by atoms with Crippen molar-refractivity contribution in [3.05, 3.63) is 28.3 Å². The van der Waals surface area contributed by atoms with Crippen LogP contribution in [0.25, 0.3) is 0 Å². The van der Waals surface area contributed by atoms with E-state index in [1.807, 2.05) is 0 Å². The molecular formula is C11H14N2O5. The van der Waals surface area contributed by atoms with Crippen LogP contribution in [-0.4, -0.2) is 36.2 Å². The number of ether oxygens (including phenoxy) is 1. The number of hydrogen-bond acceptors (Lipinski definition) is 5. The molecule has 0 spiro atoms. The van der Waals surface area contributed by atoms with Gasteiger partial charge in [-0.15, -0.1) is 0 Å². The number of nitro benzene ring substituents is 1. The summed E-state index contributed by atoms with van der Waals surface area (Å²) in [6.45, 7) is 1.45. The number of carboxylic acid groups (broad SMARTS) is 1. The van der Waals surface area contributed by atoms with E-state index in [0.717, 1.165) is 0 Å². The van der Waals surface area contributed by atoms with Gasteiger partial charge in [0.25, 0.3) is 5.69 Å². The fourth-order valence-electron chi connectivity index (χ4n) is 1.44. The fourth-order valence-corrected chi connectivity index (χ4v) is 1.44. The first-order valence-corrected chi connectivity index (χ1v) is 5.16. The van der Waals surface area contributed by atoms with Gasteiger partial charge in [0.1, 0.15) is 17.5 Å². The van der Waals surface area contributed by atoms with Crippen LogP contribution in [0.2, 0.25) is 0 Å². The molecule has 0 radical (unpaired) electrons. The minimum absolute atomic E-state index is 0.161. The third-order valence-electron chi connectivity index (χ3n) is 2.70. The lowest BCUT2D eigenvalue weighted by atomic mass is 10.2. The van der Waals surface area contributed by atoms with Gasteiger partial charge in [-0.25, -0.2) is 4.79 Å². The lowest BCUT2D eigenvalue weighted by molar-refractivity contribution is -0.384. The zero-order valence-electron chi connectivity index (χ0n) is 10.3. The van der Waals surface area contributed by atoms with E-state index in [2.05, 4.69) is 0 Å². The minimum Gasteiger partial charge on any atom is -0.497 e. The van der Waals surface area contributed by atoms with Crippen molar-refractivity contribution >= 4 is 17.3 Å². The average Bonchev–Trinajstić information content (AvgIpc) is 2.35. The predicted molar refractivity (Wildman–Crippen MR) is 65.1 cm³/mol. The van der Waals surface area contributed by atoms with Crippen molar-refractivity contribution in [2.24, 2.45) is 0 Å². The summed E-state index contributed by atoms with van der Waals surface area (Å²) in [6.07, 6.45) is 0. The number of rotatable bonds is 5. The molecular weight excluding hydrogens is 240 g/mol. The Bertz CT molecular complexity index is 475. The molecule has 0 saturated carbocycles. The van der Waals surface area contributed by atoms with Crippen LogP contribution in [0.5, 0.6) is 5.75 Å². The molecule has 0 bridgehead atoms. The molecule has 0 aliphatic heterocycles. The lowest BCUT2D eigenvalue weighted by Crippen LogP contribution is -2.36. The first-order chi connectivity index (χ1) is 8.38. The summed E-state index contributed by atoms with van der Waals surface area (Å²) in [7, 11) is 2.92. The molecule has 7 heteroatoms. The standard InChI is InChI=1S/C11H14N2O5/c1-7(11(14)15)12(2)10-6-8(18-3)4-5-9(10)13(16)17/h4-7H,1-3H3,(H,14,15). The van der Waals surface area contributed by atoms with Gasteiger partial charge in [-0.05, 0) is 13.0 Å². The third kappa shape index (κ3) is 2.68. The molecule has 98 valence electrons. The topological polar surface area (TPSA) is 92.9 Å². The van der Waals surface area contributed by atoms with Crippen LogP contribution in [0.15, 0.2) is 18.2 Å². The van der Waals surface area contributed by atoms with Crippen LogP contribution in [0.1, 0.15) is 6.92 Å². The number of methoxy groups -OCH3 is 1. The van der Waals surface area contributed by atoms with Gasteiger partial charge in [0.05, 0.1) is 12.0 Å². The van der Waals surface area contributed by atoms with Crippen molar-refractivity contribution in [1.29, 1.82) is 0 Å². The first-order valence-electron chi connectivity index (χ1n) is 5.16. The van der Waals surface area contributed by atoms with Crippen LogP contribution in [-0.2, 0) is 4.79 Å². The SMILES string of the molecule is COc1ccc([N+](=O)[O-])c(N(C)C(C)C(=O)O)c1. The van der Waals surface area contributed by atoms with Crippen molar-refractivity contribution in [3.8, 4) is 5.75 Å². The van der Waals surface area contributed by atoms with Crippen molar-refractivity contribution in [2.75, 3.05) is 19.1 Å². The number of benzene rings is 1. The van der Waals surface area contributed by atoms with Crippen molar-refractivity contribution in [2.45, 2.75) is 13.0 Å². The molecule has 0 aromatic heterocycles. The number of aliphatic carboxylic acids is 1. The number of likely N-dealkylation sites (N-methyl/N-ethyl adjacent to an activating group) is 1. The monoisotopic (exact) mass is 254 g/mol. The quantitative estimate of drug-likeness (QED) is 0.632. The molecule has 1 N–H and O–H groups in total. The van der Waals surface area contributed by atoms with E-state index in [1.54, 1.807) is 0 Å². The lowest BCUT2D eigenvalue weighted by Gasteiger charge is -2.23. The molecule has 0 aliphatic rings. The Balaban J connectivity index is 3.26. The van der Waals surface area contributed by atoms with E-state index in [-0.39, 0.29) is 11.4 Å². The zero-order valence-corrected chi connectivity index (χ0v) is 10.3. The Hall–Kier alpha value is -2.31. The van der Waals surface area contributed by atoms with E-state index in [4.69, 9.17) is 9.84 Å². The minimum atomic E-state index is -1.06. The van der Waals surface area contributed by atoms with Gasteiger partial charge in [0.15, 0.2) is 0 Å². The van der Waals surface area contributed by atoms with E-state index in [9.17, 15) is 14.9 Å². The molecule has 0 aliphatic carbocycles. The van der Waals surface area contributed by atoms with Gasteiger partial charge < -0.3 is 14.7 Å². The molecule has 7 nitrogen and oxygen atoms in total. The highest BCUT2D eigenvalue weighted by Crippen LogP contribution is 2.32. The van der Waals surface area contributed by atoms with E-state index in [1.165, 1.54) is 44.2 Å².